The summed E-state index contributed by atoms with van der Waals surface area (Å²) in [6.45, 7) is 4.19. The van der Waals surface area contributed by atoms with E-state index in [1.54, 1.807) is 0 Å². The van der Waals surface area contributed by atoms with Gasteiger partial charge in [-0.25, -0.2) is 13.9 Å². The molecule has 2 rings (SSSR count). The predicted molar refractivity (Wildman–Crippen MR) is 258 cm³/mol. The number of phosphoric ester groups is 2. The Balaban J connectivity index is 1.85. The highest BCUT2D eigenvalue weighted by molar-refractivity contribution is 7.61. The Kier molecular flexibility index (Phi) is 31.2. The average molecular weight is 1000 g/mol. The first-order valence-electron chi connectivity index (χ1n) is 24.1. The van der Waals surface area contributed by atoms with E-state index in [2.05, 4.69) is 36.1 Å². The van der Waals surface area contributed by atoms with E-state index in [1.165, 1.54) is 38.2 Å². The molecule has 388 valence electrons. The lowest BCUT2D eigenvalue weighted by atomic mass is 10.0. The summed E-state index contributed by atoms with van der Waals surface area (Å²) in [4.78, 5) is 61.7. The van der Waals surface area contributed by atoms with Crippen molar-refractivity contribution in [1.29, 1.82) is 0 Å². The van der Waals surface area contributed by atoms with Gasteiger partial charge in [0.05, 0.1) is 19.3 Å². The fourth-order valence-electron chi connectivity index (χ4n) is 6.86. The van der Waals surface area contributed by atoms with Crippen LogP contribution in [-0.2, 0) is 46.3 Å². The number of nitrogens with zero attached hydrogens (tertiary/aromatic N) is 2. The maximum absolute atomic E-state index is 12.8. The number of nitrogen functional groups attached to an aromatic ring is 1. The number of allylic oxidation sites excluding steroid dienone is 7. The van der Waals surface area contributed by atoms with Crippen LogP contribution < -0.4 is 11.4 Å². The van der Waals surface area contributed by atoms with E-state index in [9.17, 15) is 48.6 Å². The van der Waals surface area contributed by atoms with Gasteiger partial charge in [-0.3, -0.25) is 23.2 Å². The topological polar surface area (TPSA) is 286 Å². The molecule has 1 fully saturated rings. The molecule has 1 aromatic heterocycles. The molecular formula is C47H79N3O16P2. The molecule has 0 amide bonds. The number of phosphoric acid groups is 2. The Morgan fingerprint density at radius 1 is 0.794 bits per heavy atom. The van der Waals surface area contributed by atoms with Crippen LogP contribution in [0.5, 0.6) is 0 Å². The molecule has 0 aliphatic carbocycles. The summed E-state index contributed by atoms with van der Waals surface area (Å²) >= 11 is 0. The van der Waals surface area contributed by atoms with Gasteiger partial charge in [-0.1, -0.05) is 140 Å². The molecule has 2 heterocycles. The van der Waals surface area contributed by atoms with Crippen LogP contribution in [0.2, 0.25) is 0 Å². The second-order valence-corrected chi connectivity index (χ2v) is 20.3. The van der Waals surface area contributed by atoms with Crippen molar-refractivity contribution < 1.29 is 71.4 Å². The van der Waals surface area contributed by atoms with Crippen LogP contribution in [0.15, 0.2) is 65.7 Å². The maximum atomic E-state index is 12.8. The van der Waals surface area contributed by atoms with Crippen LogP contribution >= 0.6 is 15.6 Å². The molecule has 1 aliphatic heterocycles. The minimum Gasteiger partial charge on any atom is -0.462 e. The van der Waals surface area contributed by atoms with E-state index in [-0.39, 0.29) is 18.7 Å². The second kappa shape index (κ2) is 34.9. The van der Waals surface area contributed by atoms with Crippen molar-refractivity contribution in [3.8, 4) is 0 Å². The second-order valence-electron chi connectivity index (χ2n) is 17.3. The Bertz CT molecular complexity index is 1860. The van der Waals surface area contributed by atoms with Crippen LogP contribution in [0.1, 0.15) is 155 Å². The summed E-state index contributed by atoms with van der Waals surface area (Å²) in [5, 5.41) is 30.7. The normalized spacial score (nSPS) is 20.4. The molecule has 0 aromatic carbocycles. The molecule has 1 aliphatic rings. The summed E-state index contributed by atoms with van der Waals surface area (Å²) in [6, 6.07) is 1.24. The predicted octanol–water partition coefficient (Wildman–Crippen LogP) is 8.21. The van der Waals surface area contributed by atoms with Crippen molar-refractivity contribution in [1.82, 2.24) is 9.55 Å². The number of anilines is 1. The van der Waals surface area contributed by atoms with Gasteiger partial charge in [0.2, 0.25) is 0 Å². The van der Waals surface area contributed by atoms with Gasteiger partial charge in [0.15, 0.2) is 12.3 Å². The van der Waals surface area contributed by atoms with E-state index in [1.807, 2.05) is 42.5 Å². The summed E-state index contributed by atoms with van der Waals surface area (Å²) < 4.78 is 56.6. The van der Waals surface area contributed by atoms with E-state index in [0.717, 1.165) is 74.5 Å². The third-order valence-corrected chi connectivity index (χ3v) is 13.3. The molecule has 68 heavy (non-hydrogen) atoms. The van der Waals surface area contributed by atoms with Gasteiger partial charge in [-0.2, -0.15) is 9.29 Å². The molecule has 19 nitrogen and oxygen atoms in total. The van der Waals surface area contributed by atoms with Gasteiger partial charge < -0.3 is 45.1 Å². The number of hydrogen-bond acceptors (Lipinski definition) is 16. The zero-order chi connectivity index (χ0) is 50.2. The number of esters is 2. The highest BCUT2D eigenvalue weighted by atomic mass is 31.3. The van der Waals surface area contributed by atoms with Crippen molar-refractivity contribution in [3.05, 3.63) is 71.4 Å². The number of aliphatic hydroxyl groups is 3. The summed E-state index contributed by atoms with van der Waals surface area (Å²) in [6.07, 6.45) is 25.6. The first-order valence-corrected chi connectivity index (χ1v) is 27.1. The minimum atomic E-state index is -5.44. The number of carbonyl (C=O) groups excluding carboxylic acids is 2. The monoisotopic (exact) mass is 1000 g/mol. The number of hydrogen-bond donors (Lipinski definition) is 6. The summed E-state index contributed by atoms with van der Waals surface area (Å²) in [7, 11) is -10.9. The Labute approximate surface area is 402 Å². The summed E-state index contributed by atoms with van der Waals surface area (Å²) in [5.41, 5.74) is 4.57. The number of unbranched alkanes of at least 4 members (excludes halogenated alkanes) is 10. The van der Waals surface area contributed by atoms with Crippen LogP contribution in [0.3, 0.4) is 0 Å². The Morgan fingerprint density at radius 2 is 1.38 bits per heavy atom. The lowest BCUT2D eigenvalue weighted by Crippen LogP contribution is -2.36. The largest absolute Gasteiger partial charge is 0.481 e. The SMILES string of the molecule is CCCC[C@@H](O)/C=C\C/C=C\C/C=C\C/C=C\CCCC(=O)O[C@H](COC(=O)CCCCCCCCCCCC(C)C)COP(=O)(O)OP(=O)(O)OC[C@H]1O[C@@H](n2ccc(N)nc2=O)[C@H](O)[C@@H]1O. The van der Waals surface area contributed by atoms with Crippen LogP contribution in [0.4, 0.5) is 5.82 Å². The third-order valence-electron chi connectivity index (χ3n) is 10.7. The van der Waals surface area contributed by atoms with Gasteiger partial charge in [-0.05, 0) is 56.9 Å². The summed E-state index contributed by atoms with van der Waals surface area (Å²) in [5.74, 6) is -0.662. The number of carbonyl (C=O) groups is 2. The molecular weight excluding hydrogens is 924 g/mol. The standard InChI is InChI=1S/C47H79N3O16P2/c1-4-5-28-38(51)29-24-20-16-12-8-6-7-9-13-18-22-26-31-43(53)64-39(34-61-42(52)30-25-21-17-14-10-11-15-19-23-27-37(2)3)35-62-67(57,58)66-68(59,60)63-36-40-44(54)45(55)46(65-40)50-33-32-41(48)49-47(50)56/h6-7,12-13,16,18,24,29,32-33,37-40,44-46,51,54-55H,4-5,8-11,14-15,17,19-23,25-28,30-31,34-36H2,1-3H3,(H,57,58)(H,59,60)(H2,48,49,56)/b7-6-,16-12-,18-13-,29-24-/t38-,39-,40-,44-,45-,46-/m1/s1. The van der Waals surface area contributed by atoms with Crippen LogP contribution in [0.25, 0.3) is 0 Å². The number of aliphatic hydroxyl groups excluding tert-OH is 3. The fraction of sp³-hybridized carbons (Fsp3) is 0.702. The molecule has 0 radical (unpaired) electrons. The molecule has 0 saturated carbocycles. The molecule has 7 N–H and O–H groups in total. The first kappa shape index (κ1) is 60.8. The highest BCUT2D eigenvalue weighted by Gasteiger charge is 2.46. The molecule has 0 bridgehead atoms. The quantitative estimate of drug-likeness (QED) is 0.0157. The fourth-order valence-corrected chi connectivity index (χ4v) is 8.97. The average Bonchev–Trinajstić information content (AvgIpc) is 3.56. The molecule has 0 spiro atoms. The van der Waals surface area contributed by atoms with Crippen molar-refractivity contribution in [2.45, 2.75) is 186 Å². The van der Waals surface area contributed by atoms with Crippen molar-refractivity contribution >= 4 is 33.4 Å². The van der Waals surface area contributed by atoms with Gasteiger partial charge >= 0.3 is 33.3 Å². The van der Waals surface area contributed by atoms with E-state index in [0.29, 0.717) is 25.7 Å². The molecule has 2 unspecified atom stereocenters. The van der Waals surface area contributed by atoms with Crippen molar-refractivity contribution in [2.24, 2.45) is 5.92 Å². The number of ether oxygens (including phenoxy) is 3. The van der Waals surface area contributed by atoms with E-state index >= 15 is 0 Å². The molecule has 1 aromatic rings. The third kappa shape index (κ3) is 28.4. The van der Waals surface area contributed by atoms with Gasteiger partial charge in [0, 0.05) is 19.0 Å². The Morgan fingerprint density at radius 3 is 2.01 bits per heavy atom. The lowest BCUT2D eigenvalue weighted by molar-refractivity contribution is -0.161. The highest BCUT2D eigenvalue weighted by Crippen LogP contribution is 2.60. The smallest absolute Gasteiger partial charge is 0.462 e. The molecule has 1 saturated heterocycles. The van der Waals surface area contributed by atoms with Crippen molar-refractivity contribution in [2.75, 3.05) is 25.6 Å². The zero-order valence-electron chi connectivity index (χ0n) is 40.2. The zero-order valence-corrected chi connectivity index (χ0v) is 42.0. The molecule has 8 atom stereocenters. The maximum Gasteiger partial charge on any atom is 0.481 e. The number of rotatable bonds is 38. The number of nitrogens with two attached hydrogens (primary N) is 1. The van der Waals surface area contributed by atoms with Crippen molar-refractivity contribution in [3.63, 3.8) is 0 Å². The minimum absolute atomic E-state index is 0.0431. The van der Waals surface area contributed by atoms with E-state index in [4.69, 9.17) is 29.0 Å². The first-order chi connectivity index (χ1) is 32.4. The van der Waals surface area contributed by atoms with Crippen LogP contribution in [0, 0.1) is 5.92 Å². The number of aromatic nitrogens is 2. The van der Waals surface area contributed by atoms with Gasteiger partial charge in [0.1, 0.15) is 30.7 Å². The van der Waals surface area contributed by atoms with Gasteiger partial charge in [-0.15, -0.1) is 0 Å². The molecule has 21 heteroatoms. The lowest BCUT2D eigenvalue weighted by Gasteiger charge is -2.21. The van der Waals surface area contributed by atoms with E-state index < -0.39 is 89.8 Å². The van der Waals surface area contributed by atoms with Crippen LogP contribution in [-0.4, -0.2) is 96.9 Å². The van der Waals surface area contributed by atoms with Gasteiger partial charge in [0.25, 0.3) is 0 Å². The Hall–Kier alpha value is -3.32.